The van der Waals surface area contributed by atoms with Crippen LogP contribution in [-0.4, -0.2) is 36.5 Å². The second kappa shape index (κ2) is 10.5. The maximum Gasteiger partial charge on any atom is 0.258 e. The molecule has 0 heterocycles. The molecule has 2 rings (SSSR count). The number of benzene rings is 2. The zero-order chi connectivity index (χ0) is 18.8. The smallest absolute Gasteiger partial charge is 0.258 e. The molecule has 0 aromatic heterocycles. The number of amides is 2. The van der Waals surface area contributed by atoms with Gasteiger partial charge in [0, 0.05) is 5.69 Å². The third kappa shape index (κ3) is 6.80. The molecule has 0 spiro atoms. The summed E-state index contributed by atoms with van der Waals surface area (Å²) in [6.07, 6.45) is 2.52. The SMILES string of the molecule is CSCC[C@H](NC(=O)COc1ccccc1)C(=O)Nc1cccc(C)c1. The lowest BCUT2D eigenvalue weighted by atomic mass is 10.2. The molecule has 0 aliphatic rings. The van der Waals surface area contributed by atoms with Crippen LogP contribution < -0.4 is 15.4 Å². The first-order valence-electron chi connectivity index (χ1n) is 8.42. The van der Waals surface area contributed by atoms with Crippen molar-refractivity contribution in [2.45, 2.75) is 19.4 Å². The topological polar surface area (TPSA) is 67.4 Å². The number of rotatable bonds is 9. The molecule has 0 fully saturated rings. The zero-order valence-corrected chi connectivity index (χ0v) is 15.8. The number of carbonyl (C=O) groups is 2. The number of carbonyl (C=O) groups excluding carboxylic acids is 2. The Bertz CT molecular complexity index is 722. The van der Waals surface area contributed by atoms with Gasteiger partial charge in [0.25, 0.3) is 5.91 Å². The van der Waals surface area contributed by atoms with Crippen molar-refractivity contribution in [3.8, 4) is 5.75 Å². The summed E-state index contributed by atoms with van der Waals surface area (Å²) >= 11 is 1.63. The second-order valence-electron chi connectivity index (χ2n) is 5.86. The average molecular weight is 372 g/mol. The van der Waals surface area contributed by atoms with Crippen LogP contribution in [0.15, 0.2) is 54.6 Å². The van der Waals surface area contributed by atoms with Crippen molar-refractivity contribution in [3.05, 3.63) is 60.2 Å². The predicted molar refractivity (Wildman–Crippen MR) is 107 cm³/mol. The Kier molecular flexibility index (Phi) is 8.02. The van der Waals surface area contributed by atoms with E-state index in [9.17, 15) is 9.59 Å². The normalized spacial score (nSPS) is 11.5. The molecule has 2 N–H and O–H groups in total. The van der Waals surface area contributed by atoms with Crippen molar-refractivity contribution in [3.63, 3.8) is 0 Å². The molecule has 26 heavy (non-hydrogen) atoms. The van der Waals surface area contributed by atoms with Crippen LogP contribution in [-0.2, 0) is 9.59 Å². The summed E-state index contributed by atoms with van der Waals surface area (Å²) in [5, 5.41) is 5.63. The minimum Gasteiger partial charge on any atom is -0.484 e. The summed E-state index contributed by atoms with van der Waals surface area (Å²) < 4.78 is 5.44. The summed E-state index contributed by atoms with van der Waals surface area (Å²) in [4.78, 5) is 24.7. The van der Waals surface area contributed by atoms with Gasteiger partial charge in [-0.1, -0.05) is 30.3 Å². The maximum absolute atomic E-state index is 12.6. The molecule has 138 valence electrons. The number of hydrogen-bond acceptors (Lipinski definition) is 4. The lowest BCUT2D eigenvalue weighted by Gasteiger charge is -2.18. The van der Waals surface area contributed by atoms with E-state index in [-0.39, 0.29) is 18.4 Å². The van der Waals surface area contributed by atoms with Crippen molar-refractivity contribution < 1.29 is 14.3 Å². The molecular formula is C20H24N2O3S. The molecule has 2 amide bonds. The maximum atomic E-state index is 12.6. The molecule has 0 aliphatic heterocycles. The molecule has 0 aliphatic carbocycles. The standard InChI is InChI=1S/C20H24N2O3S/c1-15-7-6-8-16(13-15)21-20(24)18(11-12-26-2)22-19(23)14-25-17-9-4-3-5-10-17/h3-10,13,18H,11-12,14H2,1-2H3,(H,21,24)(H,22,23)/t18-/m0/s1. The van der Waals surface area contributed by atoms with Crippen molar-refractivity contribution in [2.75, 3.05) is 23.9 Å². The van der Waals surface area contributed by atoms with Gasteiger partial charge in [-0.15, -0.1) is 0 Å². The van der Waals surface area contributed by atoms with E-state index in [4.69, 9.17) is 4.74 Å². The lowest BCUT2D eigenvalue weighted by Crippen LogP contribution is -2.45. The van der Waals surface area contributed by atoms with E-state index in [1.807, 2.05) is 55.6 Å². The molecule has 2 aromatic carbocycles. The van der Waals surface area contributed by atoms with Crippen LogP contribution in [0.4, 0.5) is 5.69 Å². The van der Waals surface area contributed by atoms with Crippen molar-refractivity contribution >= 4 is 29.3 Å². The molecule has 6 heteroatoms. The first kappa shape index (κ1) is 19.8. The Balaban J connectivity index is 1.92. The van der Waals surface area contributed by atoms with Crippen LogP contribution in [0.1, 0.15) is 12.0 Å². The van der Waals surface area contributed by atoms with Crippen molar-refractivity contribution in [1.82, 2.24) is 5.32 Å². The Hall–Kier alpha value is -2.47. The number of hydrogen-bond donors (Lipinski definition) is 2. The Morgan fingerprint density at radius 1 is 1.12 bits per heavy atom. The van der Waals surface area contributed by atoms with Gasteiger partial charge < -0.3 is 15.4 Å². The molecule has 0 bridgehead atoms. The largest absolute Gasteiger partial charge is 0.484 e. The molecule has 2 aromatic rings. The first-order chi connectivity index (χ1) is 12.6. The van der Waals surface area contributed by atoms with E-state index < -0.39 is 6.04 Å². The second-order valence-corrected chi connectivity index (χ2v) is 6.85. The number of ether oxygens (including phenoxy) is 1. The van der Waals surface area contributed by atoms with E-state index in [2.05, 4.69) is 10.6 Å². The zero-order valence-electron chi connectivity index (χ0n) is 15.0. The van der Waals surface area contributed by atoms with Gasteiger partial charge in [-0.05, 0) is 55.2 Å². The van der Waals surface area contributed by atoms with Crippen LogP contribution in [0.5, 0.6) is 5.75 Å². The van der Waals surface area contributed by atoms with Gasteiger partial charge in [0.2, 0.25) is 5.91 Å². The van der Waals surface area contributed by atoms with E-state index in [0.29, 0.717) is 12.2 Å². The summed E-state index contributed by atoms with van der Waals surface area (Å²) in [5.41, 5.74) is 1.78. The highest BCUT2D eigenvalue weighted by molar-refractivity contribution is 7.98. The molecular weight excluding hydrogens is 348 g/mol. The predicted octanol–water partition coefficient (Wildman–Crippen LogP) is 3.25. The number of anilines is 1. The molecule has 0 saturated carbocycles. The summed E-state index contributed by atoms with van der Waals surface area (Å²) in [6.45, 7) is 1.83. The highest BCUT2D eigenvalue weighted by Crippen LogP contribution is 2.12. The van der Waals surface area contributed by atoms with Crippen LogP contribution >= 0.6 is 11.8 Å². The molecule has 1 atom stereocenters. The van der Waals surface area contributed by atoms with Crippen molar-refractivity contribution in [1.29, 1.82) is 0 Å². The fourth-order valence-electron chi connectivity index (χ4n) is 2.36. The van der Waals surface area contributed by atoms with Gasteiger partial charge in [0.05, 0.1) is 0 Å². The lowest BCUT2D eigenvalue weighted by molar-refractivity contribution is -0.127. The minimum atomic E-state index is -0.602. The van der Waals surface area contributed by atoms with E-state index in [0.717, 1.165) is 17.0 Å². The van der Waals surface area contributed by atoms with E-state index in [1.165, 1.54) is 0 Å². The molecule has 5 nitrogen and oxygen atoms in total. The van der Waals surface area contributed by atoms with Gasteiger partial charge in [0.1, 0.15) is 11.8 Å². The Morgan fingerprint density at radius 3 is 2.58 bits per heavy atom. The third-order valence-electron chi connectivity index (χ3n) is 3.66. The average Bonchev–Trinajstić information content (AvgIpc) is 2.64. The molecule has 0 unspecified atom stereocenters. The fourth-order valence-corrected chi connectivity index (χ4v) is 2.83. The quantitative estimate of drug-likeness (QED) is 0.709. The number of nitrogens with one attached hydrogen (secondary N) is 2. The minimum absolute atomic E-state index is 0.127. The van der Waals surface area contributed by atoms with Crippen LogP contribution in [0, 0.1) is 6.92 Å². The van der Waals surface area contributed by atoms with Crippen LogP contribution in [0.25, 0.3) is 0 Å². The summed E-state index contributed by atoms with van der Waals surface area (Å²) in [7, 11) is 0. The number of thioether (sulfide) groups is 1. The van der Waals surface area contributed by atoms with Gasteiger partial charge in [0.15, 0.2) is 6.61 Å². The summed E-state index contributed by atoms with van der Waals surface area (Å²) in [5.74, 6) is 0.843. The van der Waals surface area contributed by atoms with Gasteiger partial charge in [-0.3, -0.25) is 9.59 Å². The molecule has 0 radical (unpaired) electrons. The highest BCUT2D eigenvalue weighted by atomic mass is 32.2. The van der Waals surface area contributed by atoms with Gasteiger partial charge >= 0.3 is 0 Å². The van der Waals surface area contributed by atoms with Gasteiger partial charge in [-0.2, -0.15) is 11.8 Å². The monoisotopic (exact) mass is 372 g/mol. The van der Waals surface area contributed by atoms with Crippen molar-refractivity contribution in [2.24, 2.45) is 0 Å². The first-order valence-corrected chi connectivity index (χ1v) is 9.81. The third-order valence-corrected chi connectivity index (χ3v) is 4.31. The Morgan fingerprint density at radius 2 is 1.88 bits per heavy atom. The van der Waals surface area contributed by atoms with E-state index >= 15 is 0 Å². The summed E-state index contributed by atoms with van der Waals surface area (Å²) in [6, 6.07) is 16.1. The van der Waals surface area contributed by atoms with Crippen LogP contribution in [0.3, 0.4) is 0 Å². The Labute approximate surface area is 158 Å². The fraction of sp³-hybridized carbons (Fsp3) is 0.300. The van der Waals surface area contributed by atoms with Crippen LogP contribution in [0.2, 0.25) is 0 Å². The number of para-hydroxylation sites is 1. The highest BCUT2D eigenvalue weighted by Gasteiger charge is 2.20. The van der Waals surface area contributed by atoms with Gasteiger partial charge in [-0.25, -0.2) is 0 Å². The number of aryl methyl sites for hydroxylation is 1. The van der Waals surface area contributed by atoms with E-state index in [1.54, 1.807) is 23.9 Å². The molecule has 0 saturated heterocycles.